The van der Waals surface area contributed by atoms with Crippen molar-refractivity contribution in [1.29, 1.82) is 0 Å². The van der Waals surface area contributed by atoms with Crippen LogP contribution in [0.2, 0.25) is 5.02 Å². The van der Waals surface area contributed by atoms with E-state index >= 15 is 0 Å². The molecule has 1 aromatic rings. The molecule has 0 amide bonds. The molecule has 1 aliphatic heterocycles. The second-order valence-corrected chi connectivity index (χ2v) is 7.29. The van der Waals surface area contributed by atoms with Crippen LogP contribution in [0.15, 0.2) is 23.3 Å². The van der Waals surface area contributed by atoms with Crippen molar-refractivity contribution in [3.05, 3.63) is 23.4 Å². The molecule has 1 aromatic heterocycles. The lowest BCUT2D eigenvalue weighted by atomic mass is 10.2. The third kappa shape index (κ3) is 8.29. The lowest BCUT2D eigenvalue weighted by Gasteiger charge is -2.20. The van der Waals surface area contributed by atoms with Gasteiger partial charge in [-0.3, -0.25) is 4.99 Å². The first kappa shape index (κ1) is 25.2. The number of unbranched alkanes of at least 4 members (excludes halogenated alkanes) is 1. The molecule has 0 spiro atoms. The van der Waals surface area contributed by atoms with Crippen molar-refractivity contribution in [1.82, 2.24) is 20.5 Å². The summed E-state index contributed by atoms with van der Waals surface area (Å²) in [5, 5.41) is 7.65. The van der Waals surface area contributed by atoms with Gasteiger partial charge < -0.3 is 20.4 Å². The fourth-order valence-corrected chi connectivity index (χ4v) is 3.61. The molecular weight excluding hydrogens is 487 g/mol. The summed E-state index contributed by atoms with van der Waals surface area (Å²) in [6.07, 6.45) is 5.17. The Morgan fingerprint density at radius 3 is 2.79 bits per heavy atom. The van der Waals surface area contributed by atoms with Crippen LogP contribution in [0.5, 0.6) is 0 Å². The largest absolute Gasteiger partial charge is 0.357 e. The highest BCUT2D eigenvalue weighted by molar-refractivity contribution is 14.0. The maximum absolute atomic E-state index is 6.28. The minimum Gasteiger partial charge on any atom is -0.357 e. The molecule has 0 saturated carbocycles. The van der Waals surface area contributed by atoms with Crippen molar-refractivity contribution in [3.8, 4) is 0 Å². The van der Waals surface area contributed by atoms with Crippen LogP contribution in [0.1, 0.15) is 40.0 Å². The highest BCUT2D eigenvalue weighted by Crippen LogP contribution is 2.25. The average Bonchev–Trinajstić information content (AvgIpc) is 3.13. The molecule has 0 bridgehead atoms. The third-order valence-electron chi connectivity index (χ3n) is 4.96. The highest BCUT2D eigenvalue weighted by atomic mass is 127. The van der Waals surface area contributed by atoms with Crippen molar-refractivity contribution in [2.45, 2.75) is 46.1 Å². The predicted molar refractivity (Wildman–Crippen MR) is 131 cm³/mol. The molecule has 1 unspecified atom stereocenters. The number of anilines is 1. The standard InChI is InChI=1S/C20H35ClN6.HI/c1-4-22-20(24-12-7-8-14-26(5-2)6-3)25-17-11-15-27(16-17)19-18(21)10-9-13-23-19;/h9-10,13,17H,4-8,11-12,14-16H2,1-3H3,(H2,22,24,25);1H. The van der Waals surface area contributed by atoms with Crippen LogP contribution in [-0.4, -0.2) is 67.7 Å². The number of nitrogens with zero attached hydrogens (tertiary/aromatic N) is 4. The number of hydrogen-bond donors (Lipinski definition) is 2. The molecule has 1 atom stereocenters. The molecule has 2 rings (SSSR count). The zero-order valence-electron chi connectivity index (χ0n) is 17.5. The topological polar surface area (TPSA) is 55.8 Å². The van der Waals surface area contributed by atoms with E-state index in [1.165, 1.54) is 6.42 Å². The first-order chi connectivity index (χ1) is 13.2. The lowest BCUT2D eigenvalue weighted by molar-refractivity contribution is 0.297. The van der Waals surface area contributed by atoms with E-state index in [2.05, 4.69) is 46.2 Å². The number of guanidine groups is 1. The van der Waals surface area contributed by atoms with Gasteiger partial charge in [-0.2, -0.15) is 0 Å². The van der Waals surface area contributed by atoms with Crippen molar-refractivity contribution in [2.24, 2.45) is 4.99 Å². The van der Waals surface area contributed by atoms with Crippen LogP contribution < -0.4 is 15.5 Å². The van der Waals surface area contributed by atoms with Crippen molar-refractivity contribution >= 4 is 47.4 Å². The number of aromatic nitrogens is 1. The molecule has 160 valence electrons. The molecular formula is C20H36ClIN6. The van der Waals surface area contributed by atoms with Gasteiger partial charge in [-0.15, -0.1) is 24.0 Å². The Balaban J connectivity index is 0.00000392. The maximum Gasteiger partial charge on any atom is 0.191 e. The summed E-state index contributed by atoms with van der Waals surface area (Å²) in [5.74, 6) is 1.79. The van der Waals surface area contributed by atoms with Gasteiger partial charge in [0.25, 0.3) is 0 Å². The molecule has 28 heavy (non-hydrogen) atoms. The minimum absolute atomic E-state index is 0. The van der Waals surface area contributed by atoms with Crippen LogP contribution >= 0.6 is 35.6 Å². The van der Waals surface area contributed by atoms with Gasteiger partial charge in [0.1, 0.15) is 5.82 Å². The Bertz CT molecular complexity index is 582. The van der Waals surface area contributed by atoms with Gasteiger partial charge >= 0.3 is 0 Å². The summed E-state index contributed by atoms with van der Waals surface area (Å²) < 4.78 is 0. The van der Waals surface area contributed by atoms with E-state index in [-0.39, 0.29) is 24.0 Å². The molecule has 2 N–H and O–H groups in total. The smallest absolute Gasteiger partial charge is 0.191 e. The van der Waals surface area contributed by atoms with E-state index < -0.39 is 0 Å². The summed E-state index contributed by atoms with van der Waals surface area (Å²) in [6.45, 7) is 13.5. The second-order valence-electron chi connectivity index (χ2n) is 6.88. The fraction of sp³-hybridized carbons (Fsp3) is 0.700. The Hall–Kier alpha value is -0.800. The van der Waals surface area contributed by atoms with Gasteiger partial charge in [0, 0.05) is 38.4 Å². The van der Waals surface area contributed by atoms with E-state index in [0.29, 0.717) is 11.1 Å². The molecule has 1 aliphatic rings. The van der Waals surface area contributed by atoms with Crippen LogP contribution in [0, 0.1) is 0 Å². The number of hydrogen-bond acceptors (Lipinski definition) is 4. The zero-order valence-corrected chi connectivity index (χ0v) is 20.5. The quantitative estimate of drug-likeness (QED) is 0.213. The van der Waals surface area contributed by atoms with Crippen LogP contribution in [-0.2, 0) is 0 Å². The monoisotopic (exact) mass is 522 g/mol. The molecule has 0 radical (unpaired) electrons. The first-order valence-corrected chi connectivity index (χ1v) is 10.7. The Morgan fingerprint density at radius 1 is 1.32 bits per heavy atom. The van der Waals surface area contributed by atoms with E-state index in [9.17, 15) is 0 Å². The van der Waals surface area contributed by atoms with E-state index in [0.717, 1.165) is 70.4 Å². The molecule has 2 heterocycles. The number of nitrogens with one attached hydrogen (secondary N) is 2. The molecule has 8 heteroatoms. The summed E-state index contributed by atoms with van der Waals surface area (Å²) in [4.78, 5) is 13.9. The minimum atomic E-state index is 0. The van der Waals surface area contributed by atoms with Gasteiger partial charge in [-0.25, -0.2) is 4.98 Å². The Labute approximate surface area is 192 Å². The van der Waals surface area contributed by atoms with Crippen molar-refractivity contribution in [2.75, 3.05) is 50.7 Å². The molecule has 0 aliphatic carbocycles. The molecule has 1 saturated heterocycles. The molecule has 1 fully saturated rings. The number of pyridine rings is 1. The first-order valence-electron chi connectivity index (χ1n) is 10.3. The number of halogens is 2. The Kier molecular flexibility index (Phi) is 12.8. The Morgan fingerprint density at radius 2 is 2.11 bits per heavy atom. The zero-order chi connectivity index (χ0) is 19.5. The number of rotatable bonds is 10. The highest BCUT2D eigenvalue weighted by Gasteiger charge is 2.25. The molecule has 6 nitrogen and oxygen atoms in total. The van der Waals surface area contributed by atoms with Crippen molar-refractivity contribution < 1.29 is 0 Å². The summed E-state index contributed by atoms with van der Waals surface area (Å²) in [7, 11) is 0. The van der Waals surface area contributed by atoms with Gasteiger partial charge in [-0.05, 0) is 58.0 Å². The third-order valence-corrected chi connectivity index (χ3v) is 5.25. The number of aliphatic imine (C=N–C) groups is 1. The van der Waals surface area contributed by atoms with Crippen molar-refractivity contribution in [3.63, 3.8) is 0 Å². The fourth-order valence-electron chi connectivity index (χ4n) is 3.37. The predicted octanol–water partition coefficient (Wildman–Crippen LogP) is 3.61. The second kappa shape index (κ2) is 14.2. The van der Waals surface area contributed by atoms with Gasteiger partial charge in [0.2, 0.25) is 0 Å². The van der Waals surface area contributed by atoms with Gasteiger partial charge in [0.15, 0.2) is 5.96 Å². The summed E-state index contributed by atoms with van der Waals surface area (Å²) in [5.41, 5.74) is 0. The van der Waals surface area contributed by atoms with E-state index in [1.54, 1.807) is 6.20 Å². The maximum atomic E-state index is 6.28. The van der Waals surface area contributed by atoms with Gasteiger partial charge in [-0.1, -0.05) is 25.4 Å². The van der Waals surface area contributed by atoms with Crippen LogP contribution in [0.4, 0.5) is 5.82 Å². The van der Waals surface area contributed by atoms with E-state index in [4.69, 9.17) is 16.6 Å². The lowest BCUT2D eigenvalue weighted by Crippen LogP contribution is -2.44. The molecule has 0 aromatic carbocycles. The summed E-state index contributed by atoms with van der Waals surface area (Å²) in [6, 6.07) is 4.12. The summed E-state index contributed by atoms with van der Waals surface area (Å²) >= 11 is 6.28. The van der Waals surface area contributed by atoms with Crippen LogP contribution in [0.3, 0.4) is 0 Å². The van der Waals surface area contributed by atoms with Crippen LogP contribution in [0.25, 0.3) is 0 Å². The SMILES string of the molecule is CCNC(=NCCCCN(CC)CC)NC1CCN(c2ncccc2Cl)C1.I. The average molecular weight is 523 g/mol. The van der Waals surface area contributed by atoms with E-state index in [1.807, 2.05) is 12.1 Å². The normalized spacial score (nSPS) is 17.0. The van der Waals surface area contributed by atoms with Gasteiger partial charge in [0.05, 0.1) is 5.02 Å².